The molecule has 2 aromatic carbocycles. The number of nitrogens with zero attached hydrogens (tertiary/aromatic N) is 2. The molecular weight excluding hydrogens is 248 g/mol. The van der Waals surface area contributed by atoms with Gasteiger partial charge in [0.1, 0.15) is 12.1 Å². The third kappa shape index (κ3) is 2.05. The van der Waals surface area contributed by atoms with Crippen LogP contribution in [-0.2, 0) is 0 Å². The molecule has 3 aromatic rings. The molecule has 3 rings (SSSR count). The maximum absolute atomic E-state index is 5.23. The molecule has 0 spiro atoms. The second-order valence-corrected chi connectivity index (χ2v) is 3.80. The van der Waals surface area contributed by atoms with E-state index in [-0.39, 0.29) is 12.4 Å². The first-order chi connectivity index (χ1) is 8.38. The van der Waals surface area contributed by atoms with Crippen molar-refractivity contribution in [1.82, 2.24) is 9.55 Å². The molecule has 1 aromatic heterocycles. The molecule has 0 aliphatic heterocycles. The van der Waals surface area contributed by atoms with Crippen molar-refractivity contribution in [2.24, 2.45) is 0 Å². The van der Waals surface area contributed by atoms with Gasteiger partial charge in [-0.05, 0) is 24.3 Å². The van der Waals surface area contributed by atoms with Gasteiger partial charge in [0.05, 0.1) is 23.8 Å². The molecule has 1 heterocycles. The van der Waals surface area contributed by atoms with Gasteiger partial charge in [-0.1, -0.05) is 18.2 Å². The molecule has 0 saturated heterocycles. The predicted molar refractivity (Wildman–Crippen MR) is 74.9 cm³/mol. The Hall–Kier alpha value is -2.00. The molecule has 0 atom stereocenters. The van der Waals surface area contributed by atoms with Gasteiger partial charge in [0.2, 0.25) is 0 Å². The van der Waals surface area contributed by atoms with Gasteiger partial charge in [-0.2, -0.15) is 0 Å². The van der Waals surface area contributed by atoms with Crippen LogP contribution in [0.15, 0.2) is 54.9 Å². The molecule has 0 N–H and O–H groups in total. The van der Waals surface area contributed by atoms with Crippen LogP contribution in [0, 0.1) is 0 Å². The van der Waals surface area contributed by atoms with E-state index in [0.717, 1.165) is 22.5 Å². The van der Waals surface area contributed by atoms with Crippen molar-refractivity contribution in [1.29, 1.82) is 0 Å². The Labute approximate surface area is 111 Å². The number of halogens is 1. The summed E-state index contributed by atoms with van der Waals surface area (Å²) in [6.07, 6.45) is 1.83. The number of benzene rings is 2. The van der Waals surface area contributed by atoms with Crippen LogP contribution in [-0.4, -0.2) is 16.7 Å². The summed E-state index contributed by atoms with van der Waals surface area (Å²) in [5, 5.41) is 0. The van der Waals surface area contributed by atoms with Gasteiger partial charge in [0.15, 0.2) is 0 Å². The molecule has 0 radical (unpaired) electrons. The Balaban J connectivity index is 0.00000120. The lowest BCUT2D eigenvalue weighted by atomic mass is 10.2. The highest BCUT2D eigenvalue weighted by molar-refractivity contribution is 5.85. The summed E-state index contributed by atoms with van der Waals surface area (Å²) < 4.78 is 7.28. The Morgan fingerprint density at radius 2 is 1.89 bits per heavy atom. The number of hydrogen-bond donors (Lipinski definition) is 0. The predicted octanol–water partition coefficient (Wildman–Crippen LogP) is 3.46. The number of para-hydroxylation sites is 2. The van der Waals surface area contributed by atoms with E-state index in [9.17, 15) is 0 Å². The molecule has 18 heavy (non-hydrogen) atoms. The molecule has 0 unspecified atom stereocenters. The van der Waals surface area contributed by atoms with Crippen LogP contribution in [0.1, 0.15) is 0 Å². The Kier molecular flexibility index (Phi) is 3.53. The fourth-order valence-electron chi connectivity index (χ4n) is 1.93. The van der Waals surface area contributed by atoms with Crippen LogP contribution in [0.4, 0.5) is 0 Å². The van der Waals surface area contributed by atoms with Gasteiger partial charge in [0.25, 0.3) is 0 Å². The summed E-state index contributed by atoms with van der Waals surface area (Å²) in [5.74, 6) is 0.847. The minimum Gasteiger partial charge on any atom is -0.497 e. The number of ether oxygens (including phenoxy) is 1. The van der Waals surface area contributed by atoms with Crippen LogP contribution in [0.25, 0.3) is 16.7 Å². The third-order valence-corrected chi connectivity index (χ3v) is 2.79. The van der Waals surface area contributed by atoms with E-state index >= 15 is 0 Å². The van der Waals surface area contributed by atoms with E-state index in [1.165, 1.54) is 0 Å². The standard InChI is InChI=1S/C14H12N2O.ClH/c1-17-12-6-4-5-11(9-12)16-10-15-13-7-2-3-8-14(13)16;/h2-10H,1H3;1H. The molecule has 0 aliphatic carbocycles. The average Bonchev–Trinajstić information content (AvgIpc) is 2.82. The molecule has 0 fully saturated rings. The Morgan fingerprint density at radius 1 is 1.06 bits per heavy atom. The highest BCUT2D eigenvalue weighted by Gasteiger charge is 2.04. The minimum atomic E-state index is 0. The summed E-state index contributed by atoms with van der Waals surface area (Å²) in [7, 11) is 1.67. The SMILES string of the molecule is COc1cccc(-n2cnc3ccccc32)c1.Cl. The van der Waals surface area contributed by atoms with Gasteiger partial charge in [-0.15, -0.1) is 12.4 Å². The number of methoxy groups -OCH3 is 1. The molecule has 0 saturated carbocycles. The zero-order valence-electron chi connectivity index (χ0n) is 9.91. The molecule has 0 amide bonds. The summed E-state index contributed by atoms with van der Waals surface area (Å²) in [4.78, 5) is 4.37. The average molecular weight is 261 g/mol. The fourth-order valence-corrected chi connectivity index (χ4v) is 1.93. The second-order valence-electron chi connectivity index (χ2n) is 3.80. The highest BCUT2D eigenvalue weighted by Crippen LogP contribution is 2.21. The lowest BCUT2D eigenvalue weighted by Crippen LogP contribution is -1.92. The van der Waals surface area contributed by atoms with Crippen LogP contribution in [0.3, 0.4) is 0 Å². The number of hydrogen-bond acceptors (Lipinski definition) is 2. The topological polar surface area (TPSA) is 27.1 Å². The summed E-state index contributed by atoms with van der Waals surface area (Å²) >= 11 is 0. The van der Waals surface area contributed by atoms with E-state index in [4.69, 9.17) is 4.74 Å². The van der Waals surface area contributed by atoms with Gasteiger partial charge < -0.3 is 4.74 Å². The monoisotopic (exact) mass is 260 g/mol. The molecule has 3 nitrogen and oxygen atoms in total. The van der Waals surface area contributed by atoms with Crippen molar-refractivity contribution >= 4 is 23.4 Å². The number of rotatable bonds is 2. The summed E-state index contributed by atoms with van der Waals surface area (Å²) in [5.41, 5.74) is 3.15. The normalized spacial score (nSPS) is 10.1. The number of fused-ring (bicyclic) bond motifs is 1. The Morgan fingerprint density at radius 3 is 2.72 bits per heavy atom. The molecule has 0 bridgehead atoms. The lowest BCUT2D eigenvalue weighted by molar-refractivity contribution is 0.414. The third-order valence-electron chi connectivity index (χ3n) is 2.79. The van der Waals surface area contributed by atoms with Crippen molar-refractivity contribution in [2.45, 2.75) is 0 Å². The summed E-state index contributed by atoms with van der Waals surface area (Å²) in [6, 6.07) is 16.0. The zero-order chi connectivity index (χ0) is 11.7. The van der Waals surface area contributed by atoms with Gasteiger partial charge in [-0.25, -0.2) is 4.98 Å². The van der Waals surface area contributed by atoms with E-state index in [1.807, 2.05) is 48.8 Å². The zero-order valence-corrected chi connectivity index (χ0v) is 10.7. The smallest absolute Gasteiger partial charge is 0.120 e. The van der Waals surface area contributed by atoms with Crippen molar-refractivity contribution in [3.8, 4) is 11.4 Å². The number of imidazole rings is 1. The molecule has 92 valence electrons. The fraction of sp³-hybridized carbons (Fsp3) is 0.0714. The number of aromatic nitrogens is 2. The van der Waals surface area contributed by atoms with Gasteiger partial charge >= 0.3 is 0 Å². The van der Waals surface area contributed by atoms with E-state index in [2.05, 4.69) is 15.6 Å². The van der Waals surface area contributed by atoms with Crippen molar-refractivity contribution < 1.29 is 4.74 Å². The largest absolute Gasteiger partial charge is 0.497 e. The van der Waals surface area contributed by atoms with E-state index in [1.54, 1.807) is 7.11 Å². The second kappa shape index (κ2) is 5.10. The van der Waals surface area contributed by atoms with Crippen LogP contribution in [0.5, 0.6) is 5.75 Å². The maximum Gasteiger partial charge on any atom is 0.120 e. The van der Waals surface area contributed by atoms with Crippen molar-refractivity contribution in [3.63, 3.8) is 0 Å². The maximum atomic E-state index is 5.23. The molecule has 4 heteroatoms. The van der Waals surface area contributed by atoms with Gasteiger partial charge in [0, 0.05) is 6.07 Å². The summed E-state index contributed by atoms with van der Waals surface area (Å²) in [6.45, 7) is 0. The van der Waals surface area contributed by atoms with Crippen molar-refractivity contribution in [3.05, 3.63) is 54.9 Å². The van der Waals surface area contributed by atoms with Crippen molar-refractivity contribution in [2.75, 3.05) is 7.11 Å². The Bertz CT molecular complexity index is 663. The van der Waals surface area contributed by atoms with Crippen LogP contribution >= 0.6 is 12.4 Å². The molecule has 0 aliphatic rings. The van der Waals surface area contributed by atoms with Crippen LogP contribution < -0.4 is 4.74 Å². The van der Waals surface area contributed by atoms with Gasteiger partial charge in [-0.3, -0.25) is 4.57 Å². The lowest BCUT2D eigenvalue weighted by Gasteiger charge is -2.06. The first kappa shape index (κ1) is 12.5. The highest BCUT2D eigenvalue weighted by atomic mass is 35.5. The molecular formula is C14H13ClN2O. The van der Waals surface area contributed by atoms with E-state index in [0.29, 0.717) is 0 Å². The van der Waals surface area contributed by atoms with Crippen LogP contribution in [0.2, 0.25) is 0 Å². The minimum absolute atomic E-state index is 0. The quantitative estimate of drug-likeness (QED) is 0.706. The first-order valence-electron chi connectivity index (χ1n) is 5.45. The van der Waals surface area contributed by atoms with E-state index < -0.39 is 0 Å². The first-order valence-corrected chi connectivity index (χ1v) is 5.45.